The smallest absolute Gasteiger partial charge is 0.225 e. The monoisotopic (exact) mass is 352 g/mol. The minimum absolute atomic E-state index is 0.0291. The number of rotatable bonds is 8. The van der Waals surface area contributed by atoms with Gasteiger partial charge in [0.05, 0.1) is 12.2 Å². The number of para-hydroxylation sites is 1. The lowest BCUT2D eigenvalue weighted by Crippen LogP contribution is -2.14. The molecule has 0 saturated carbocycles. The third-order valence-electron chi connectivity index (χ3n) is 3.63. The third-order valence-corrected chi connectivity index (χ3v) is 4.63. The van der Waals surface area contributed by atoms with Crippen LogP contribution in [-0.4, -0.2) is 26.4 Å². The van der Waals surface area contributed by atoms with Crippen molar-refractivity contribution in [1.82, 2.24) is 14.8 Å². The van der Waals surface area contributed by atoms with Crippen molar-refractivity contribution in [3.8, 4) is 0 Å². The van der Waals surface area contributed by atoms with Crippen molar-refractivity contribution < 1.29 is 4.79 Å². The van der Waals surface area contributed by atoms with Gasteiger partial charge in [-0.3, -0.25) is 14.5 Å². The highest BCUT2D eigenvalue weighted by molar-refractivity contribution is 7.98. The lowest BCUT2D eigenvalue weighted by Gasteiger charge is -2.11. The largest absolute Gasteiger partial charge is 0.326 e. The Bertz CT molecular complexity index is 790. The van der Waals surface area contributed by atoms with E-state index in [-0.39, 0.29) is 5.91 Å². The van der Waals surface area contributed by atoms with Crippen molar-refractivity contribution in [3.05, 3.63) is 78.4 Å². The molecular formula is C19H20N4OS. The summed E-state index contributed by atoms with van der Waals surface area (Å²) in [7, 11) is 0. The highest BCUT2D eigenvalue weighted by Gasteiger charge is 2.07. The highest BCUT2D eigenvalue weighted by atomic mass is 32.2. The molecule has 0 radical (unpaired) electrons. The summed E-state index contributed by atoms with van der Waals surface area (Å²) in [5.74, 6) is 1.62. The van der Waals surface area contributed by atoms with Crippen LogP contribution in [0.1, 0.15) is 17.7 Å². The van der Waals surface area contributed by atoms with Crippen molar-refractivity contribution in [2.24, 2.45) is 0 Å². The lowest BCUT2D eigenvalue weighted by atomic mass is 10.1. The van der Waals surface area contributed by atoms with Crippen molar-refractivity contribution in [3.63, 3.8) is 0 Å². The summed E-state index contributed by atoms with van der Waals surface area (Å²) >= 11 is 1.72. The minimum Gasteiger partial charge on any atom is -0.326 e. The van der Waals surface area contributed by atoms with Crippen molar-refractivity contribution in [2.45, 2.75) is 18.7 Å². The maximum absolute atomic E-state index is 12.2. The van der Waals surface area contributed by atoms with Crippen LogP contribution < -0.4 is 5.32 Å². The van der Waals surface area contributed by atoms with Gasteiger partial charge in [0.2, 0.25) is 5.91 Å². The fourth-order valence-corrected chi connectivity index (χ4v) is 3.24. The van der Waals surface area contributed by atoms with Gasteiger partial charge in [-0.05, 0) is 29.8 Å². The quantitative estimate of drug-likeness (QED) is 0.630. The molecule has 3 rings (SSSR count). The molecule has 6 heteroatoms. The van der Waals surface area contributed by atoms with Gasteiger partial charge in [-0.1, -0.05) is 24.3 Å². The Morgan fingerprint density at radius 3 is 2.76 bits per heavy atom. The Morgan fingerprint density at radius 2 is 1.96 bits per heavy atom. The topological polar surface area (TPSA) is 59.8 Å². The zero-order valence-electron chi connectivity index (χ0n) is 13.8. The second kappa shape index (κ2) is 9.03. The van der Waals surface area contributed by atoms with E-state index in [4.69, 9.17) is 0 Å². The molecule has 1 amide bonds. The summed E-state index contributed by atoms with van der Waals surface area (Å²) in [6.07, 6.45) is 5.93. The number of pyridine rings is 1. The molecule has 0 aliphatic heterocycles. The van der Waals surface area contributed by atoms with E-state index in [1.165, 1.54) is 0 Å². The summed E-state index contributed by atoms with van der Waals surface area (Å²) in [6.45, 7) is 0.637. The molecular weight excluding hydrogens is 332 g/mol. The summed E-state index contributed by atoms with van der Waals surface area (Å²) < 4.78 is 1.84. The van der Waals surface area contributed by atoms with Gasteiger partial charge in [-0.15, -0.1) is 0 Å². The Kier molecular flexibility index (Phi) is 6.23. The Hall–Kier alpha value is -2.60. The number of amides is 1. The van der Waals surface area contributed by atoms with Crippen LogP contribution in [0.3, 0.4) is 0 Å². The van der Waals surface area contributed by atoms with E-state index in [9.17, 15) is 4.79 Å². The first kappa shape index (κ1) is 17.2. The van der Waals surface area contributed by atoms with E-state index >= 15 is 0 Å². The zero-order valence-corrected chi connectivity index (χ0v) is 14.7. The molecule has 0 aliphatic rings. The molecule has 0 saturated heterocycles. The Balaban J connectivity index is 1.48. The molecule has 2 aromatic heterocycles. The normalized spacial score (nSPS) is 10.6. The maximum Gasteiger partial charge on any atom is 0.225 e. The van der Waals surface area contributed by atoms with Crippen LogP contribution in [0.2, 0.25) is 0 Å². The minimum atomic E-state index is 0.0291. The molecule has 0 bridgehead atoms. The van der Waals surface area contributed by atoms with E-state index < -0.39 is 0 Å². The number of hydrogen-bond donors (Lipinski definition) is 1. The average Bonchev–Trinajstić information content (AvgIpc) is 3.14. The number of carbonyl (C=O) groups is 1. The second-order valence-electron chi connectivity index (χ2n) is 5.53. The number of anilines is 1. The molecule has 0 fully saturated rings. The first-order chi connectivity index (χ1) is 12.3. The van der Waals surface area contributed by atoms with Crippen LogP contribution in [0.5, 0.6) is 0 Å². The van der Waals surface area contributed by atoms with Gasteiger partial charge in [-0.25, -0.2) is 0 Å². The van der Waals surface area contributed by atoms with Crippen LogP contribution in [0.15, 0.2) is 67.1 Å². The van der Waals surface area contributed by atoms with Crippen molar-refractivity contribution in [2.75, 3.05) is 11.1 Å². The standard InChI is InChI=1S/C19H20N4OS/c24-19(9-13-25-15-17-7-3-4-10-20-17)22-18-8-2-1-6-16(18)14-23-12-5-11-21-23/h1-8,10-12H,9,13-15H2,(H,22,24). The predicted octanol–water partition coefficient (Wildman–Crippen LogP) is 3.59. The summed E-state index contributed by atoms with van der Waals surface area (Å²) in [5.41, 5.74) is 2.93. The van der Waals surface area contributed by atoms with E-state index in [2.05, 4.69) is 15.4 Å². The van der Waals surface area contributed by atoms with Crippen LogP contribution in [0, 0.1) is 0 Å². The fourth-order valence-electron chi connectivity index (χ4n) is 2.39. The molecule has 5 nitrogen and oxygen atoms in total. The average molecular weight is 352 g/mol. The highest BCUT2D eigenvalue weighted by Crippen LogP contribution is 2.17. The molecule has 0 unspecified atom stereocenters. The number of nitrogens with one attached hydrogen (secondary N) is 1. The van der Waals surface area contributed by atoms with Crippen LogP contribution in [-0.2, 0) is 17.1 Å². The molecule has 2 heterocycles. The molecule has 128 valence electrons. The molecule has 0 atom stereocenters. The number of carbonyl (C=O) groups excluding carboxylic acids is 1. The van der Waals surface area contributed by atoms with Gasteiger partial charge in [0.1, 0.15) is 0 Å². The first-order valence-electron chi connectivity index (χ1n) is 8.14. The third kappa shape index (κ3) is 5.46. The van der Waals surface area contributed by atoms with Gasteiger partial charge >= 0.3 is 0 Å². The summed E-state index contributed by atoms with van der Waals surface area (Å²) in [5, 5.41) is 7.23. The Morgan fingerprint density at radius 1 is 1.08 bits per heavy atom. The fraction of sp³-hybridized carbons (Fsp3) is 0.211. The number of hydrogen-bond acceptors (Lipinski definition) is 4. The van der Waals surface area contributed by atoms with Crippen molar-refractivity contribution >= 4 is 23.4 Å². The molecule has 3 aromatic rings. The number of benzene rings is 1. The summed E-state index contributed by atoms with van der Waals surface area (Å²) in [4.78, 5) is 16.5. The number of thioether (sulfide) groups is 1. The Labute approximate surface area is 151 Å². The second-order valence-corrected chi connectivity index (χ2v) is 6.64. The number of aromatic nitrogens is 3. The molecule has 1 N–H and O–H groups in total. The van der Waals surface area contributed by atoms with Gasteiger partial charge in [-0.2, -0.15) is 16.9 Å². The molecule has 0 spiro atoms. The van der Waals surface area contributed by atoms with Gasteiger partial charge < -0.3 is 5.32 Å². The van der Waals surface area contributed by atoms with Crippen molar-refractivity contribution in [1.29, 1.82) is 0 Å². The molecule has 1 aromatic carbocycles. The maximum atomic E-state index is 12.2. The number of nitrogens with zero attached hydrogens (tertiary/aromatic N) is 3. The van der Waals surface area contributed by atoms with E-state index in [0.717, 1.165) is 28.5 Å². The summed E-state index contributed by atoms with van der Waals surface area (Å²) in [6, 6.07) is 15.6. The molecule has 0 aliphatic carbocycles. The van der Waals surface area contributed by atoms with E-state index in [1.54, 1.807) is 24.2 Å². The van der Waals surface area contributed by atoms with Gasteiger partial charge in [0, 0.05) is 42.2 Å². The predicted molar refractivity (Wildman–Crippen MR) is 101 cm³/mol. The zero-order chi connectivity index (χ0) is 17.3. The first-order valence-corrected chi connectivity index (χ1v) is 9.29. The lowest BCUT2D eigenvalue weighted by molar-refractivity contribution is -0.115. The SMILES string of the molecule is O=C(CCSCc1ccccn1)Nc1ccccc1Cn1cccn1. The van der Waals surface area contributed by atoms with Crippen LogP contribution in [0.25, 0.3) is 0 Å². The van der Waals surface area contributed by atoms with Gasteiger partial charge in [0.15, 0.2) is 0 Å². The van der Waals surface area contributed by atoms with E-state index in [1.807, 2.05) is 59.4 Å². The van der Waals surface area contributed by atoms with Crippen LogP contribution >= 0.6 is 11.8 Å². The van der Waals surface area contributed by atoms with Crippen LogP contribution in [0.4, 0.5) is 5.69 Å². The van der Waals surface area contributed by atoms with Gasteiger partial charge in [0.25, 0.3) is 0 Å². The van der Waals surface area contributed by atoms with E-state index in [0.29, 0.717) is 13.0 Å². The molecule has 25 heavy (non-hydrogen) atoms.